The first-order valence-electron chi connectivity index (χ1n) is 31.6. The summed E-state index contributed by atoms with van der Waals surface area (Å²) in [7, 11) is 0. The molecule has 0 aliphatic heterocycles. The molecule has 0 saturated carbocycles. The van der Waals surface area contributed by atoms with Crippen molar-refractivity contribution in [2.24, 2.45) is 0 Å². The van der Waals surface area contributed by atoms with E-state index in [1.807, 2.05) is 42.5 Å². The molecule has 0 aliphatic carbocycles. The topological polar surface area (TPSA) is 97.1 Å². The fourth-order valence-corrected chi connectivity index (χ4v) is 14.3. The van der Waals surface area contributed by atoms with Gasteiger partial charge < -0.3 is 9.13 Å². The summed E-state index contributed by atoms with van der Waals surface area (Å²) in [5.41, 5.74) is 18.1. The van der Waals surface area contributed by atoms with Crippen molar-refractivity contribution in [3.05, 3.63) is 315 Å². The highest BCUT2D eigenvalue weighted by molar-refractivity contribution is 6.28. The molecule has 0 amide bonds. The molecular formula is C84H52N10. The van der Waals surface area contributed by atoms with Crippen LogP contribution in [0.1, 0.15) is 0 Å². The smallest absolute Gasteiger partial charge is 0.238 e. The van der Waals surface area contributed by atoms with Gasteiger partial charge in [-0.05, 0) is 82.9 Å². The van der Waals surface area contributed by atoms with E-state index in [0.717, 1.165) is 138 Å². The summed E-state index contributed by atoms with van der Waals surface area (Å²) in [6.45, 7) is 0. The molecule has 0 N–H and O–H groups in total. The van der Waals surface area contributed by atoms with Crippen LogP contribution < -0.4 is 0 Å². The van der Waals surface area contributed by atoms with Crippen LogP contribution in [0.5, 0.6) is 0 Å². The minimum absolute atomic E-state index is 0.508. The van der Waals surface area contributed by atoms with Gasteiger partial charge in [-0.1, -0.05) is 255 Å². The normalized spacial score (nSPS) is 11.8. The van der Waals surface area contributed by atoms with Crippen molar-refractivity contribution in [1.29, 1.82) is 0 Å². The van der Waals surface area contributed by atoms with Crippen LogP contribution in [0.4, 0.5) is 0 Å². The maximum absolute atomic E-state index is 5.63. The molecule has 10 heteroatoms. The lowest BCUT2D eigenvalue weighted by Gasteiger charge is -2.15. The quantitative estimate of drug-likeness (QED) is 0.135. The number of para-hydroxylation sites is 6. The van der Waals surface area contributed by atoms with Crippen molar-refractivity contribution < 1.29 is 0 Å². The van der Waals surface area contributed by atoms with Gasteiger partial charge in [-0.2, -0.15) is 19.9 Å². The number of aromatic nitrogens is 10. The Morgan fingerprint density at radius 1 is 0.191 bits per heavy atom. The van der Waals surface area contributed by atoms with Crippen LogP contribution in [-0.4, -0.2) is 48.2 Å². The number of fused-ring (bicyclic) bond motifs is 14. The van der Waals surface area contributed by atoms with Crippen molar-refractivity contribution in [3.8, 4) is 91.1 Å². The predicted octanol–water partition coefficient (Wildman–Crippen LogP) is 20.4. The molecule has 13 aromatic carbocycles. The maximum atomic E-state index is 5.63. The number of hydrogen-bond acceptors (Lipinski definition) is 6. The molecule has 94 heavy (non-hydrogen) atoms. The highest BCUT2D eigenvalue weighted by Gasteiger charge is 2.28. The van der Waals surface area contributed by atoms with Gasteiger partial charge >= 0.3 is 0 Å². The van der Waals surface area contributed by atoms with Crippen LogP contribution in [0, 0.1) is 0 Å². The molecule has 10 nitrogen and oxygen atoms in total. The summed E-state index contributed by atoms with van der Waals surface area (Å²) >= 11 is 0. The van der Waals surface area contributed by atoms with Crippen LogP contribution in [0.25, 0.3) is 178 Å². The number of benzene rings is 13. The SMILES string of the molecule is c1ccc(-c2ccc(-c3nc(-c4ccccc4)nc(-n4c5ccccc5c5cc(-c6cccc(-c7nc(-c8ccccc8)nc(-n8c9ccccc9c9ccc%10c%11ccccc%11n(-c%11ccccc%11)c%10c98)n7)c6)c6c7ccccc7n(-c7ccccc7)c6c54)n3)cc2)cc1. The van der Waals surface area contributed by atoms with Crippen LogP contribution in [0.2, 0.25) is 0 Å². The first kappa shape index (κ1) is 53.0. The summed E-state index contributed by atoms with van der Waals surface area (Å²) < 4.78 is 9.34. The Bertz CT molecular complexity index is 6190. The van der Waals surface area contributed by atoms with Gasteiger partial charge in [-0.25, -0.2) is 9.97 Å². The molecule has 0 unspecified atom stereocenters. The van der Waals surface area contributed by atoms with E-state index < -0.39 is 0 Å². The van der Waals surface area contributed by atoms with Gasteiger partial charge in [0.25, 0.3) is 0 Å². The first-order valence-corrected chi connectivity index (χ1v) is 31.6. The van der Waals surface area contributed by atoms with E-state index in [9.17, 15) is 0 Å². The zero-order valence-corrected chi connectivity index (χ0v) is 50.5. The maximum Gasteiger partial charge on any atom is 0.238 e. The van der Waals surface area contributed by atoms with Crippen LogP contribution in [-0.2, 0) is 0 Å². The monoisotopic (exact) mass is 1200 g/mol. The van der Waals surface area contributed by atoms with Gasteiger partial charge in [0.1, 0.15) is 0 Å². The number of hydrogen-bond donors (Lipinski definition) is 0. The molecule has 6 heterocycles. The second-order valence-electron chi connectivity index (χ2n) is 23.8. The molecule has 0 saturated heterocycles. The summed E-state index contributed by atoms with van der Waals surface area (Å²) in [4.78, 5) is 32.8. The van der Waals surface area contributed by atoms with Crippen molar-refractivity contribution in [2.45, 2.75) is 0 Å². The van der Waals surface area contributed by atoms with E-state index in [1.165, 1.54) is 5.39 Å². The molecule has 438 valence electrons. The molecule has 19 aromatic rings. The summed E-state index contributed by atoms with van der Waals surface area (Å²) in [6.07, 6.45) is 0. The average Bonchev–Trinajstić information content (AvgIpc) is 1.54. The largest absolute Gasteiger partial charge is 0.307 e. The molecule has 0 spiro atoms. The Labute approximate surface area is 538 Å². The first-order chi connectivity index (χ1) is 46.6. The second-order valence-corrected chi connectivity index (χ2v) is 23.8. The summed E-state index contributed by atoms with van der Waals surface area (Å²) in [6, 6.07) is 111. The third kappa shape index (κ3) is 8.36. The standard InChI is InChI=1S/C84H52N10/c1-6-25-53(26-7-1)54-45-47-57(48-46-54)81-85-79(55-27-8-2-9-28-55)87-83(89-81)94-72-43-22-18-39-64(72)69-52-68(74-67-40-19-23-44-73(67)92(78(74)77(69)94)61-35-14-5-15-36-61)58-31-24-32-59(51-58)82-86-80(56-29-10-3-11-30-56)88-84(90-82)93-71-42-21-17-38-63(71)66-50-49-65-62-37-16-20-41-70(62)91(75(65)76(66)93)60-33-12-4-13-34-60/h1-52H. The lowest BCUT2D eigenvalue weighted by atomic mass is 9.95. The fourth-order valence-electron chi connectivity index (χ4n) is 14.3. The third-order valence-corrected chi connectivity index (χ3v) is 18.5. The Morgan fingerprint density at radius 3 is 1.03 bits per heavy atom. The summed E-state index contributed by atoms with van der Waals surface area (Å²) in [5, 5.41) is 8.78. The highest BCUT2D eigenvalue weighted by atomic mass is 15.2. The zero-order chi connectivity index (χ0) is 61.8. The van der Waals surface area contributed by atoms with Gasteiger partial charge in [0, 0.05) is 76.7 Å². The van der Waals surface area contributed by atoms with Crippen molar-refractivity contribution in [3.63, 3.8) is 0 Å². The number of rotatable bonds is 10. The van der Waals surface area contributed by atoms with E-state index in [-0.39, 0.29) is 0 Å². The van der Waals surface area contributed by atoms with Crippen molar-refractivity contribution >= 4 is 87.2 Å². The molecular weight excluding hydrogens is 1150 g/mol. The zero-order valence-electron chi connectivity index (χ0n) is 50.5. The minimum Gasteiger partial charge on any atom is -0.307 e. The number of nitrogens with zero attached hydrogens (tertiary/aromatic N) is 10. The highest BCUT2D eigenvalue weighted by Crippen LogP contribution is 2.48. The van der Waals surface area contributed by atoms with Gasteiger partial charge in [0.05, 0.1) is 44.1 Å². The van der Waals surface area contributed by atoms with Gasteiger partial charge in [0.2, 0.25) is 11.9 Å². The van der Waals surface area contributed by atoms with Crippen LogP contribution >= 0.6 is 0 Å². The molecule has 19 rings (SSSR count). The molecule has 0 aliphatic rings. The second kappa shape index (κ2) is 21.4. The Morgan fingerprint density at radius 2 is 0.521 bits per heavy atom. The summed E-state index contributed by atoms with van der Waals surface area (Å²) in [5.74, 6) is 3.28. The van der Waals surface area contributed by atoms with Crippen LogP contribution in [0.3, 0.4) is 0 Å². The van der Waals surface area contributed by atoms with E-state index in [4.69, 9.17) is 29.9 Å². The molecule has 0 bridgehead atoms. The van der Waals surface area contributed by atoms with E-state index in [1.54, 1.807) is 0 Å². The molecule has 6 aromatic heterocycles. The lowest BCUT2D eigenvalue weighted by molar-refractivity contribution is 0.953. The fraction of sp³-hybridized carbons (Fsp3) is 0. The molecule has 0 atom stereocenters. The van der Waals surface area contributed by atoms with Gasteiger partial charge in [-0.15, -0.1) is 0 Å². The van der Waals surface area contributed by atoms with Crippen molar-refractivity contribution in [1.82, 2.24) is 48.2 Å². The Kier molecular flexibility index (Phi) is 12.0. The van der Waals surface area contributed by atoms with E-state index >= 15 is 0 Å². The molecule has 0 radical (unpaired) electrons. The van der Waals surface area contributed by atoms with E-state index in [2.05, 4.69) is 291 Å². The Hall–Kier alpha value is -12.9. The molecule has 0 fully saturated rings. The minimum atomic E-state index is 0.508. The average molecular weight is 1200 g/mol. The Balaban J connectivity index is 0.869. The van der Waals surface area contributed by atoms with Crippen LogP contribution in [0.15, 0.2) is 315 Å². The van der Waals surface area contributed by atoms with Gasteiger partial charge in [0.15, 0.2) is 23.3 Å². The predicted molar refractivity (Wildman–Crippen MR) is 383 cm³/mol. The van der Waals surface area contributed by atoms with E-state index in [0.29, 0.717) is 35.2 Å². The lowest BCUT2D eigenvalue weighted by Crippen LogP contribution is -2.07. The third-order valence-electron chi connectivity index (χ3n) is 18.5. The van der Waals surface area contributed by atoms with Crippen molar-refractivity contribution in [2.75, 3.05) is 0 Å². The van der Waals surface area contributed by atoms with Gasteiger partial charge in [-0.3, -0.25) is 9.13 Å².